The zero-order valence-corrected chi connectivity index (χ0v) is 22.3. The van der Waals surface area contributed by atoms with Gasteiger partial charge in [-0.3, -0.25) is 9.88 Å². The molecule has 6 atom stereocenters. The molecular formula is C32H43FN2O. The van der Waals surface area contributed by atoms with Crippen molar-refractivity contribution in [3.8, 4) is 0 Å². The van der Waals surface area contributed by atoms with E-state index in [1.54, 1.807) is 0 Å². The lowest BCUT2D eigenvalue weighted by Gasteiger charge is -2.42. The average Bonchev–Trinajstić information content (AvgIpc) is 3.45. The Labute approximate surface area is 216 Å². The Morgan fingerprint density at radius 1 is 1.17 bits per heavy atom. The number of pyridine rings is 1. The lowest BCUT2D eigenvalue weighted by molar-refractivity contribution is 0.0113. The summed E-state index contributed by atoms with van der Waals surface area (Å²) in [7, 11) is 0. The number of alkyl halides is 1. The largest absolute Gasteiger partial charge is 0.385 e. The molecule has 2 aliphatic carbocycles. The van der Waals surface area contributed by atoms with E-state index in [0.29, 0.717) is 37.3 Å². The van der Waals surface area contributed by atoms with E-state index >= 15 is 0 Å². The Morgan fingerprint density at radius 3 is 2.81 bits per heavy atom. The van der Waals surface area contributed by atoms with E-state index in [4.69, 9.17) is 0 Å². The second kappa shape index (κ2) is 10.4. The van der Waals surface area contributed by atoms with Crippen LogP contribution in [0.1, 0.15) is 83.6 Å². The quantitative estimate of drug-likeness (QED) is 0.459. The molecule has 36 heavy (non-hydrogen) atoms. The van der Waals surface area contributed by atoms with Crippen molar-refractivity contribution in [1.29, 1.82) is 0 Å². The highest BCUT2D eigenvalue weighted by molar-refractivity contribution is 5.82. The lowest BCUT2D eigenvalue weighted by Crippen LogP contribution is -2.46. The second-order valence-electron chi connectivity index (χ2n) is 12.0. The van der Waals surface area contributed by atoms with Crippen LogP contribution < -0.4 is 0 Å². The van der Waals surface area contributed by atoms with Crippen molar-refractivity contribution < 1.29 is 9.50 Å². The maximum atomic E-state index is 13.7. The first-order chi connectivity index (χ1) is 17.3. The predicted octanol–water partition coefficient (Wildman–Crippen LogP) is 7.36. The number of likely N-dealkylation sites (tertiary alicyclic amines) is 1. The van der Waals surface area contributed by atoms with Crippen molar-refractivity contribution in [3.05, 3.63) is 66.0 Å². The molecule has 2 unspecified atom stereocenters. The molecule has 1 aromatic carbocycles. The standard InChI is InChI=1S/C32H43FN2O/c1-4-32(36)20-29(35-18-15-28(33)22-35)12-11-27(32)7-5-6-16-31(3)23(2)8-13-30(31)25-10-9-24-14-17-34-21-26(24)19-25/h5-7,9-10,14,17,19,21,23,28-30,36H,4,8,11-13,15-16,18,20,22H2,1-3H3/b6-5+,27-7-/t23-,28+,29-,30?,31?,32-/m1/s1. The Balaban J connectivity index is 1.28. The van der Waals surface area contributed by atoms with Crippen LogP contribution in [0.2, 0.25) is 0 Å². The number of aromatic nitrogens is 1. The minimum absolute atomic E-state index is 0.211. The van der Waals surface area contributed by atoms with Gasteiger partial charge in [-0.05, 0) is 97.3 Å². The molecule has 0 amide bonds. The summed E-state index contributed by atoms with van der Waals surface area (Å²) in [6.45, 7) is 8.31. The van der Waals surface area contributed by atoms with Crippen LogP contribution in [0.3, 0.4) is 0 Å². The van der Waals surface area contributed by atoms with Gasteiger partial charge in [0.1, 0.15) is 6.17 Å². The summed E-state index contributed by atoms with van der Waals surface area (Å²) in [5.41, 5.74) is 2.03. The molecule has 5 rings (SSSR count). The minimum Gasteiger partial charge on any atom is -0.385 e. The molecular weight excluding hydrogens is 447 g/mol. The third-order valence-corrected chi connectivity index (χ3v) is 10.0. The Morgan fingerprint density at radius 2 is 2.03 bits per heavy atom. The second-order valence-corrected chi connectivity index (χ2v) is 12.0. The minimum atomic E-state index is -0.770. The van der Waals surface area contributed by atoms with Crippen LogP contribution in [0.5, 0.6) is 0 Å². The van der Waals surface area contributed by atoms with Crippen LogP contribution in [-0.2, 0) is 0 Å². The Hall–Kier alpha value is -2.04. The average molecular weight is 491 g/mol. The van der Waals surface area contributed by atoms with Crippen molar-refractivity contribution in [2.75, 3.05) is 13.1 Å². The van der Waals surface area contributed by atoms with Gasteiger partial charge in [-0.15, -0.1) is 0 Å². The molecule has 4 heteroatoms. The molecule has 1 saturated heterocycles. The van der Waals surface area contributed by atoms with Crippen molar-refractivity contribution in [1.82, 2.24) is 9.88 Å². The van der Waals surface area contributed by atoms with E-state index in [-0.39, 0.29) is 5.41 Å². The molecule has 2 aromatic rings. The molecule has 3 fully saturated rings. The molecule has 3 nitrogen and oxygen atoms in total. The first-order valence-corrected chi connectivity index (χ1v) is 14.1. The molecule has 0 bridgehead atoms. The lowest BCUT2D eigenvalue weighted by atomic mass is 9.69. The topological polar surface area (TPSA) is 36.4 Å². The SMILES string of the molecule is CC[C@@]1(O)C[C@H](N2CC[C@H](F)C2)CC/C1=C/C=C/CC1(C)C(c2ccc3ccncc3c2)CC[C@H]1C. The summed E-state index contributed by atoms with van der Waals surface area (Å²) in [5, 5.41) is 14.0. The van der Waals surface area contributed by atoms with Crippen LogP contribution in [0, 0.1) is 11.3 Å². The van der Waals surface area contributed by atoms with Crippen molar-refractivity contribution >= 4 is 10.8 Å². The highest BCUT2D eigenvalue weighted by Gasteiger charge is 2.44. The Kier molecular flexibility index (Phi) is 7.38. The molecule has 1 N–H and O–H groups in total. The van der Waals surface area contributed by atoms with Gasteiger partial charge in [0.2, 0.25) is 0 Å². The zero-order valence-electron chi connectivity index (χ0n) is 22.3. The van der Waals surface area contributed by atoms with Gasteiger partial charge in [-0.2, -0.15) is 0 Å². The first-order valence-electron chi connectivity index (χ1n) is 14.1. The monoisotopic (exact) mass is 490 g/mol. The zero-order chi connectivity index (χ0) is 25.3. The van der Waals surface area contributed by atoms with Gasteiger partial charge < -0.3 is 5.11 Å². The number of hydrogen-bond donors (Lipinski definition) is 1. The number of nitrogens with zero attached hydrogens (tertiary/aromatic N) is 2. The van der Waals surface area contributed by atoms with Crippen molar-refractivity contribution in [2.24, 2.45) is 11.3 Å². The van der Waals surface area contributed by atoms with E-state index in [9.17, 15) is 9.50 Å². The van der Waals surface area contributed by atoms with Gasteiger partial charge in [0.25, 0.3) is 0 Å². The van der Waals surface area contributed by atoms with E-state index in [2.05, 4.69) is 73.1 Å². The fraction of sp³-hybridized carbons (Fsp3) is 0.594. The molecule has 194 valence electrons. The number of benzene rings is 1. The van der Waals surface area contributed by atoms with Gasteiger partial charge in [-0.1, -0.05) is 51.1 Å². The van der Waals surface area contributed by atoms with E-state index in [1.165, 1.54) is 29.2 Å². The Bertz CT molecular complexity index is 1130. The molecule has 1 aromatic heterocycles. The van der Waals surface area contributed by atoms with Crippen molar-refractivity contribution in [3.63, 3.8) is 0 Å². The van der Waals surface area contributed by atoms with Crippen LogP contribution in [0.4, 0.5) is 4.39 Å². The van der Waals surface area contributed by atoms with Crippen LogP contribution >= 0.6 is 0 Å². The van der Waals surface area contributed by atoms with Gasteiger partial charge in [0.15, 0.2) is 0 Å². The van der Waals surface area contributed by atoms with Crippen LogP contribution in [-0.4, -0.2) is 45.9 Å². The summed E-state index contributed by atoms with van der Waals surface area (Å²) in [5.74, 6) is 1.20. The van der Waals surface area contributed by atoms with Gasteiger partial charge in [0.05, 0.1) is 5.60 Å². The third-order valence-electron chi connectivity index (χ3n) is 10.0. The first kappa shape index (κ1) is 25.6. The number of hydrogen-bond acceptors (Lipinski definition) is 3. The van der Waals surface area contributed by atoms with Gasteiger partial charge in [0, 0.05) is 36.9 Å². The van der Waals surface area contributed by atoms with E-state index in [1.807, 2.05) is 12.4 Å². The molecule has 2 saturated carbocycles. The fourth-order valence-corrected chi connectivity index (χ4v) is 7.31. The number of rotatable bonds is 6. The van der Waals surface area contributed by atoms with Crippen LogP contribution in [0.15, 0.2) is 60.5 Å². The summed E-state index contributed by atoms with van der Waals surface area (Å²) in [6.07, 6.45) is 17.4. The third kappa shape index (κ3) is 4.91. The maximum Gasteiger partial charge on any atom is 0.114 e. The molecule has 0 radical (unpaired) electrons. The summed E-state index contributed by atoms with van der Waals surface area (Å²) >= 11 is 0. The predicted molar refractivity (Wildman–Crippen MR) is 147 cm³/mol. The van der Waals surface area contributed by atoms with Crippen LogP contribution in [0.25, 0.3) is 10.8 Å². The van der Waals surface area contributed by atoms with Crippen molar-refractivity contribution in [2.45, 2.75) is 95.9 Å². The number of allylic oxidation sites excluding steroid dienone is 3. The van der Waals surface area contributed by atoms with Gasteiger partial charge in [-0.25, -0.2) is 4.39 Å². The number of aliphatic hydroxyl groups is 1. The number of halogens is 1. The molecule has 3 aliphatic rings. The summed E-state index contributed by atoms with van der Waals surface area (Å²) in [6, 6.07) is 9.29. The number of fused-ring (bicyclic) bond motifs is 1. The smallest absolute Gasteiger partial charge is 0.114 e. The fourth-order valence-electron chi connectivity index (χ4n) is 7.31. The summed E-state index contributed by atoms with van der Waals surface area (Å²) in [4.78, 5) is 6.60. The highest BCUT2D eigenvalue weighted by atomic mass is 19.1. The maximum absolute atomic E-state index is 13.7. The highest BCUT2D eigenvalue weighted by Crippen LogP contribution is 2.55. The van der Waals surface area contributed by atoms with Gasteiger partial charge >= 0.3 is 0 Å². The van der Waals surface area contributed by atoms with E-state index in [0.717, 1.165) is 37.8 Å². The normalized spacial score (nSPS) is 37.0. The molecule has 0 spiro atoms. The molecule has 1 aliphatic heterocycles. The van der Waals surface area contributed by atoms with E-state index < -0.39 is 11.8 Å². The summed E-state index contributed by atoms with van der Waals surface area (Å²) < 4.78 is 13.7. The molecule has 2 heterocycles.